The van der Waals surface area contributed by atoms with Crippen LogP contribution in [0, 0.1) is 0 Å². The Labute approximate surface area is 144 Å². The van der Waals surface area contributed by atoms with Gasteiger partial charge in [-0.25, -0.2) is 4.79 Å². The van der Waals surface area contributed by atoms with Crippen LogP contribution >= 0.6 is 0 Å². The van der Waals surface area contributed by atoms with Gasteiger partial charge in [0.1, 0.15) is 11.3 Å². The number of ether oxygens (including phenoxy) is 4. The van der Waals surface area contributed by atoms with E-state index in [2.05, 4.69) is 5.32 Å². The van der Waals surface area contributed by atoms with Crippen molar-refractivity contribution in [2.24, 2.45) is 0 Å². The van der Waals surface area contributed by atoms with E-state index < -0.39 is 18.0 Å². The van der Waals surface area contributed by atoms with Gasteiger partial charge >= 0.3 is 5.97 Å². The van der Waals surface area contributed by atoms with Crippen molar-refractivity contribution in [1.82, 2.24) is 0 Å². The first-order valence-electron chi connectivity index (χ1n) is 7.63. The van der Waals surface area contributed by atoms with Gasteiger partial charge in [0.15, 0.2) is 17.6 Å². The Kier molecular flexibility index (Phi) is 4.74. The van der Waals surface area contributed by atoms with Crippen molar-refractivity contribution in [3.8, 4) is 17.2 Å². The smallest absolute Gasteiger partial charge is 0.342 e. The number of para-hydroxylation sites is 1. The third-order valence-corrected chi connectivity index (χ3v) is 3.62. The summed E-state index contributed by atoms with van der Waals surface area (Å²) in [5.74, 6) is 0.467. The average Bonchev–Trinajstić information content (AvgIpc) is 3.09. The predicted octanol–water partition coefficient (Wildman–Crippen LogP) is 2.61. The molecule has 1 atom stereocenters. The number of methoxy groups -OCH3 is 1. The molecule has 1 amide bonds. The zero-order chi connectivity index (χ0) is 17.8. The molecule has 1 aliphatic heterocycles. The molecule has 25 heavy (non-hydrogen) atoms. The van der Waals surface area contributed by atoms with Crippen LogP contribution in [0.2, 0.25) is 0 Å². The molecular weight excluding hydrogens is 326 g/mol. The topological polar surface area (TPSA) is 83.1 Å². The highest BCUT2D eigenvalue weighted by molar-refractivity contribution is 5.98. The van der Waals surface area contributed by atoms with E-state index in [1.54, 1.807) is 42.5 Å². The first-order chi connectivity index (χ1) is 12.1. The Morgan fingerprint density at radius 1 is 1.12 bits per heavy atom. The second-order valence-electron chi connectivity index (χ2n) is 5.31. The lowest BCUT2D eigenvalue weighted by atomic mass is 10.2. The first-order valence-corrected chi connectivity index (χ1v) is 7.63. The summed E-state index contributed by atoms with van der Waals surface area (Å²) in [6.45, 7) is 1.65. The number of carbonyl (C=O) groups excluding carboxylic acids is 2. The third kappa shape index (κ3) is 3.65. The molecule has 0 saturated heterocycles. The van der Waals surface area contributed by atoms with Crippen molar-refractivity contribution in [1.29, 1.82) is 0 Å². The van der Waals surface area contributed by atoms with Crippen LogP contribution in [0.4, 0.5) is 5.69 Å². The molecule has 0 bridgehead atoms. The fraction of sp³-hybridized carbons (Fsp3) is 0.222. The maximum atomic E-state index is 12.2. The van der Waals surface area contributed by atoms with Gasteiger partial charge in [0, 0.05) is 11.8 Å². The molecule has 2 aromatic rings. The van der Waals surface area contributed by atoms with Crippen LogP contribution in [0.5, 0.6) is 17.2 Å². The quantitative estimate of drug-likeness (QED) is 0.840. The summed E-state index contributed by atoms with van der Waals surface area (Å²) >= 11 is 0. The van der Waals surface area contributed by atoms with Crippen LogP contribution in [0.1, 0.15) is 17.3 Å². The van der Waals surface area contributed by atoms with Crippen molar-refractivity contribution < 1.29 is 28.5 Å². The minimum atomic E-state index is -0.983. The second kappa shape index (κ2) is 7.12. The normalized spacial score (nSPS) is 13.0. The van der Waals surface area contributed by atoms with Crippen molar-refractivity contribution in [3.63, 3.8) is 0 Å². The van der Waals surface area contributed by atoms with E-state index in [0.717, 1.165) is 0 Å². The first kappa shape index (κ1) is 16.6. The molecule has 0 aliphatic carbocycles. The van der Waals surface area contributed by atoms with E-state index in [1.165, 1.54) is 14.0 Å². The molecule has 0 spiro atoms. The van der Waals surface area contributed by atoms with Crippen LogP contribution in [0.3, 0.4) is 0 Å². The van der Waals surface area contributed by atoms with Crippen LogP contribution in [-0.2, 0) is 9.53 Å². The highest BCUT2D eigenvalue weighted by Crippen LogP contribution is 2.34. The number of rotatable bonds is 5. The Morgan fingerprint density at radius 3 is 2.68 bits per heavy atom. The highest BCUT2D eigenvalue weighted by atomic mass is 16.7. The molecule has 0 saturated carbocycles. The minimum absolute atomic E-state index is 0.152. The third-order valence-electron chi connectivity index (χ3n) is 3.62. The van der Waals surface area contributed by atoms with Gasteiger partial charge in [0.2, 0.25) is 6.79 Å². The van der Waals surface area contributed by atoms with Gasteiger partial charge in [-0.1, -0.05) is 12.1 Å². The summed E-state index contributed by atoms with van der Waals surface area (Å²) in [6, 6.07) is 11.7. The van der Waals surface area contributed by atoms with E-state index in [-0.39, 0.29) is 12.4 Å². The summed E-state index contributed by atoms with van der Waals surface area (Å²) in [5.41, 5.74) is 0.780. The molecule has 7 nitrogen and oxygen atoms in total. The number of amides is 1. The summed E-state index contributed by atoms with van der Waals surface area (Å²) in [6.07, 6.45) is -0.983. The van der Waals surface area contributed by atoms with Crippen LogP contribution in [0.15, 0.2) is 42.5 Å². The minimum Gasteiger partial charge on any atom is -0.496 e. The van der Waals surface area contributed by atoms with E-state index >= 15 is 0 Å². The predicted molar refractivity (Wildman–Crippen MR) is 89.1 cm³/mol. The fourth-order valence-corrected chi connectivity index (χ4v) is 2.31. The number of esters is 1. The van der Waals surface area contributed by atoms with Gasteiger partial charge in [-0.3, -0.25) is 4.79 Å². The van der Waals surface area contributed by atoms with Gasteiger partial charge in [-0.15, -0.1) is 0 Å². The number of hydrogen-bond donors (Lipinski definition) is 1. The number of anilines is 1. The van der Waals surface area contributed by atoms with Crippen LogP contribution in [0.25, 0.3) is 0 Å². The second-order valence-corrected chi connectivity index (χ2v) is 5.31. The maximum Gasteiger partial charge on any atom is 0.342 e. The van der Waals surface area contributed by atoms with Crippen LogP contribution in [-0.4, -0.2) is 31.9 Å². The Balaban J connectivity index is 1.63. The summed E-state index contributed by atoms with van der Waals surface area (Å²) in [7, 11) is 1.46. The van der Waals surface area contributed by atoms with Gasteiger partial charge in [0.05, 0.1) is 7.11 Å². The molecule has 0 aromatic heterocycles. The van der Waals surface area contributed by atoms with Gasteiger partial charge in [0.25, 0.3) is 5.91 Å². The zero-order valence-electron chi connectivity index (χ0n) is 13.8. The molecule has 0 radical (unpaired) electrons. The largest absolute Gasteiger partial charge is 0.496 e. The Morgan fingerprint density at radius 2 is 1.88 bits per heavy atom. The Bertz CT molecular complexity index is 804. The monoisotopic (exact) mass is 343 g/mol. The molecular formula is C18H17NO6. The van der Waals surface area contributed by atoms with E-state index in [4.69, 9.17) is 18.9 Å². The van der Waals surface area contributed by atoms with Crippen LogP contribution < -0.4 is 19.5 Å². The average molecular weight is 343 g/mol. The lowest BCUT2D eigenvalue weighted by Gasteiger charge is -2.15. The van der Waals surface area contributed by atoms with E-state index in [1.807, 2.05) is 0 Å². The Hall–Kier alpha value is -3.22. The molecule has 3 rings (SSSR count). The molecule has 1 N–H and O–H groups in total. The number of carbonyl (C=O) groups is 2. The molecule has 0 unspecified atom stereocenters. The van der Waals surface area contributed by atoms with Crippen molar-refractivity contribution in [2.45, 2.75) is 13.0 Å². The molecule has 1 aliphatic rings. The molecule has 130 valence electrons. The SMILES string of the molecule is COc1ccccc1C(=O)O[C@H](C)C(=O)Nc1ccc2c(c1)OCO2. The van der Waals surface area contributed by atoms with Crippen molar-refractivity contribution in [2.75, 3.05) is 19.2 Å². The molecule has 7 heteroatoms. The van der Waals surface area contributed by atoms with Gasteiger partial charge in [-0.2, -0.15) is 0 Å². The lowest BCUT2D eigenvalue weighted by Crippen LogP contribution is -2.30. The zero-order valence-corrected chi connectivity index (χ0v) is 13.8. The van der Waals surface area contributed by atoms with E-state index in [9.17, 15) is 9.59 Å². The molecule has 0 fully saturated rings. The standard InChI is InChI=1S/C18H17NO6/c1-11(25-18(21)13-5-3-4-6-14(13)22-2)17(20)19-12-7-8-15-16(9-12)24-10-23-15/h3-9,11H,10H2,1-2H3,(H,19,20)/t11-/m1/s1. The summed E-state index contributed by atoms with van der Waals surface area (Å²) < 4.78 is 20.8. The van der Waals surface area contributed by atoms with Gasteiger partial charge in [-0.05, 0) is 31.2 Å². The van der Waals surface area contributed by atoms with Gasteiger partial charge < -0.3 is 24.3 Å². The molecule has 2 aromatic carbocycles. The van der Waals surface area contributed by atoms with Crippen molar-refractivity contribution >= 4 is 17.6 Å². The van der Waals surface area contributed by atoms with Crippen molar-refractivity contribution in [3.05, 3.63) is 48.0 Å². The number of nitrogens with one attached hydrogen (secondary N) is 1. The fourth-order valence-electron chi connectivity index (χ4n) is 2.31. The number of fused-ring (bicyclic) bond motifs is 1. The summed E-state index contributed by atoms with van der Waals surface area (Å²) in [5, 5.41) is 2.67. The summed E-state index contributed by atoms with van der Waals surface area (Å²) in [4.78, 5) is 24.5. The lowest BCUT2D eigenvalue weighted by molar-refractivity contribution is -0.123. The number of benzene rings is 2. The number of hydrogen-bond acceptors (Lipinski definition) is 6. The molecule has 1 heterocycles. The maximum absolute atomic E-state index is 12.2. The van der Waals surface area contributed by atoms with E-state index in [0.29, 0.717) is 22.9 Å². The highest BCUT2D eigenvalue weighted by Gasteiger charge is 2.22.